The second-order valence-electron chi connectivity index (χ2n) is 1.37. The highest BCUT2D eigenvalue weighted by Crippen LogP contribution is 1.98. The van der Waals surface area contributed by atoms with Crippen molar-refractivity contribution in [2.75, 3.05) is 0 Å². The van der Waals surface area contributed by atoms with Gasteiger partial charge in [0.15, 0.2) is 0 Å². The second kappa shape index (κ2) is 2.52. The summed E-state index contributed by atoms with van der Waals surface area (Å²) >= 11 is 5.21. The van der Waals surface area contributed by atoms with Crippen LogP contribution in [-0.4, -0.2) is 0 Å². The molecule has 0 atom stereocenters. The summed E-state index contributed by atoms with van der Waals surface area (Å²) in [6.07, 6.45) is 0. The van der Waals surface area contributed by atoms with E-state index in [-0.39, 0.29) is 0 Å². The maximum Gasteiger partial charge on any atom is 0.0525 e. The molecule has 0 rings (SSSR count). The molecular formula is C4H8Cl. The summed E-state index contributed by atoms with van der Waals surface area (Å²) in [5.41, 5.74) is 0. The van der Waals surface area contributed by atoms with Crippen LogP contribution in [0.2, 0.25) is 0 Å². The number of hydrogen-bond acceptors (Lipinski definition) is 0. The molecule has 0 spiro atoms. The van der Waals surface area contributed by atoms with Crippen molar-refractivity contribution in [3.8, 4) is 0 Å². The maximum atomic E-state index is 5.21. The van der Waals surface area contributed by atoms with Gasteiger partial charge in [0.25, 0.3) is 0 Å². The predicted molar refractivity (Wildman–Crippen MR) is 25.0 cm³/mol. The van der Waals surface area contributed by atoms with Gasteiger partial charge in [0.1, 0.15) is 0 Å². The van der Waals surface area contributed by atoms with Crippen LogP contribution >= 0.6 is 11.6 Å². The highest BCUT2D eigenvalue weighted by molar-refractivity contribution is 6.23. The fraction of sp³-hybridized carbons (Fsp3) is 0.750. The van der Waals surface area contributed by atoms with Crippen LogP contribution < -0.4 is 0 Å². The van der Waals surface area contributed by atoms with E-state index in [0.29, 0.717) is 5.92 Å². The van der Waals surface area contributed by atoms with Gasteiger partial charge in [-0.3, -0.25) is 0 Å². The topological polar surface area (TPSA) is 0 Å². The molecule has 0 unspecified atom stereocenters. The first kappa shape index (κ1) is 5.29. The van der Waals surface area contributed by atoms with Crippen LogP contribution in [0.3, 0.4) is 0 Å². The summed E-state index contributed by atoms with van der Waals surface area (Å²) in [7, 11) is 0. The highest BCUT2D eigenvalue weighted by atomic mass is 35.5. The molecule has 0 nitrogen and oxygen atoms in total. The van der Waals surface area contributed by atoms with Gasteiger partial charge in [0, 0.05) is 0 Å². The lowest BCUT2D eigenvalue weighted by molar-refractivity contribution is 0.808. The monoisotopic (exact) mass is 91.0 g/mol. The molecule has 0 aliphatic rings. The number of halogens is 1. The summed E-state index contributed by atoms with van der Waals surface area (Å²) in [4.78, 5) is 0. The minimum Gasteiger partial charge on any atom is -0.121 e. The van der Waals surface area contributed by atoms with Gasteiger partial charge in [0.2, 0.25) is 0 Å². The van der Waals surface area contributed by atoms with Crippen molar-refractivity contribution in [3.05, 3.63) is 5.88 Å². The van der Waals surface area contributed by atoms with Crippen molar-refractivity contribution in [1.82, 2.24) is 0 Å². The van der Waals surface area contributed by atoms with E-state index in [1.807, 2.05) is 13.8 Å². The quantitative estimate of drug-likeness (QED) is 0.463. The van der Waals surface area contributed by atoms with Gasteiger partial charge in [-0.2, -0.15) is 0 Å². The van der Waals surface area contributed by atoms with Crippen molar-refractivity contribution in [1.29, 1.82) is 0 Å². The van der Waals surface area contributed by atoms with Gasteiger partial charge in [-0.25, -0.2) is 0 Å². The Balaban J connectivity index is 2.54. The van der Waals surface area contributed by atoms with E-state index in [2.05, 4.69) is 0 Å². The minimum absolute atomic E-state index is 0.525. The Morgan fingerprint density at radius 2 is 1.80 bits per heavy atom. The van der Waals surface area contributed by atoms with Gasteiger partial charge >= 0.3 is 0 Å². The molecule has 0 aromatic rings. The minimum atomic E-state index is 0.525. The zero-order chi connectivity index (χ0) is 4.28. The molecular weight excluding hydrogens is 83.5 g/mol. The molecule has 31 valence electrons. The molecule has 0 heterocycles. The van der Waals surface area contributed by atoms with Gasteiger partial charge in [-0.1, -0.05) is 13.8 Å². The van der Waals surface area contributed by atoms with Gasteiger partial charge in [-0.05, 0) is 5.92 Å². The summed E-state index contributed by atoms with van der Waals surface area (Å²) in [5, 5.41) is 0. The van der Waals surface area contributed by atoms with E-state index in [0.717, 1.165) is 0 Å². The molecule has 0 saturated carbocycles. The molecule has 0 saturated heterocycles. The summed E-state index contributed by atoms with van der Waals surface area (Å²) in [6, 6.07) is 0. The average Bonchev–Trinajstić information content (AvgIpc) is 1.38. The Labute approximate surface area is 38.1 Å². The van der Waals surface area contributed by atoms with E-state index in [4.69, 9.17) is 11.6 Å². The normalized spacial score (nSPS) is 9.60. The lowest BCUT2D eigenvalue weighted by Crippen LogP contribution is -1.75. The van der Waals surface area contributed by atoms with Crippen molar-refractivity contribution in [2.24, 2.45) is 5.92 Å². The van der Waals surface area contributed by atoms with Crippen LogP contribution in [0.15, 0.2) is 0 Å². The van der Waals surface area contributed by atoms with E-state index < -0.39 is 0 Å². The van der Waals surface area contributed by atoms with Crippen LogP contribution in [0, 0.1) is 11.8 Å². The highest BCUT2D eigenvalue weighted by Gasteiger charge is 1.83. The summed E-state index contributed by atoms with van der Waals surface area (Å²) in [6.45, 7) is 4.07. The smallest absolute Gasteiger partial charge is 0.0525 e. The molecule has 0 aromatic heterocycles. The van der Waals surface area contributed by atoms with Crippen LogP contribution in [0.5, 0.6) is 0 Å². The first-order valence-corrected chi connectivity index (χ1v) is 2.14. The van der Waals surface area contributed by atoms with Crippen molar-refractivity contribution < 1.29 is 0 Å². The number of rotatable bonds is 1. The Hall–Kier alpha value is 0.290. The summed E-state index contributed by atoms with van der Waals surface area (Å²) in [5.74, 6) is 2.16. The van der Waals surface area contributed by atoms with Gasteiger partial charge in [-0.15, -0.1) is 11.6 Å². The lowest BCUT2D eigenvalue weighted by Gasteiger charge is -1.87. The molecule has 0 aliphatic heterocycles. The zero-order valence-electron chi connectivity index (χ0n) is 3.53. The molecule has 5 heavy (non-hydrogen) atoms. The largest absolute Gasteiger partial charge is 0.121 e. The Bertz CT molecular complexity index is 17.6. The molecule has 1 heteroatoms. The third-order valence-electron chi connectivity index (χ3n) is 0.252. The Morgan fingerprint density at radius 1 is 1.60 bits per heavy atom. The van der Waals surface area contributed by atoms with E-state index in [1.54, 1.807) is 5.88 Å². The van der Waals surface area contributed by atoms with E-state index in [1.165, 1.54) is 0 Å². The Kier molecular flexibility index (Phi) is 2.67. The fourth-order valence-electron chi connectivity index (χ4n) is 0. The van der Waals surface area contributed by atoms with Crippen LogP contribution in [0.25, 0.3) is 0 Å². The van der Waals surface area contributed by atoms with Crippen molar-refractivity contribution in [3.63, 3.8) is 0 Å². The predicted octanol–water partition coefficient (Wildman–Crippen LogP) is 2.04. The van der Waals surface area contributed by atoms with Crippen LogP contribution in [-0.2, 0) is 0 Å². The zero-order valence-corrected chi connectivity index (χ0v) is 4.29. The first-order chi connectivity index (χ1) is 2.27. The van der Waals surface area contributed by atoms with Crippen molar-refractivity contribution >= 4 is 11.6 Å². The van der Waals surface area contributed by atoms with Crippen LogP contribution in [0.1, 0.15) is 13.8 Å². The number of hydrogen-bond donors (Lipinski definition) is 0. The van der Waals surface area contributed by atoms with Gasteiger partial charge < -0.3 is 0 Å². The standard InChI is InChI=1S/C4H8Cl/c1-4(2)3-5/h3-4H,1-2H3. The van der Waals surface area contributed by atoms with E-state index >= 15 is 0 Å². The Morgan fingerprint density at radius 3 is 1.80 bits per heavy atom. The molecule has 0 bridgehead atoms. The lowest BCUT2D eigenvalue weighted by atomic mass is 10.3. The molecule has 0 N–H and O–H groups in total. The van der Waals surface area contributed by atoms with Crippen molar-refractivity contribution in [2.45, 2.75) is 13.8 Å². The fourth-order valence-corrected chi connectivity index (χ4v) is 0. The third kappa shape index (κ3) is 4.29. The van der Waals surface area contributed by atoms with Gasteiger partial charge in [0.05, 0.1) is 5.88 Å². The average molecular weight is 91.6 g/mol. The third-order valence-corrected chi connectivity index (χ3v) is 0.756. The van der Waals surface area contributed by atoms with E-state index in [9.17, 15) is 0 Å². The SMILES string of the molecule is CC(C)[CH]Cl. The summed E-state index contributed by atoms with van der Waals surface area (Å²) < 4.78 is 0. The maximum absolute atomic E-state index is 5.21. The molecule has 0 amide bonds. The molecule has 0 aromatic carbocycles. The first-order valence-electron chi connectivity index (χ1n) is 1.71. The molecule has 0 fully saturated rings. The van der Waals surface area contributed by atoms with Crippen LogP contribution in [0.4, 0.5) is 0 Å². The molecule has 0 aliphatic carbocycles. The second-order valence-corrected chi connectivity index (χ2v) is 1.62. The molecule has 1 radical (unpaired) electrons.